The van der Waals surface area contributed by atoms with E-state index in [0.717, 1.165) is 47.6 Å². The third-order valence-corrected chi connectivity index (χ3v) is 7.17. The molecule has 2 unspecified atom stereocenters. The number of nitrogens with zero attached hydrogens (tertiary/aromatic N) is 1. The molecule has 2 aromatic carbocycles. The highest BCUT2D eigenvalue weighted by molar-refractivity contribution is 7.09. The summed E-state index contributed by atoms with van der Waals surface area (Å²) in [4.78, 5) is 30.2. The Morgan fingerprint density at radius 2 is 1.53 bits per heavy atom. The van der Waals surface area contributed by atoms with Gasteiger partial charge in [0.05, 0.1) is 20.3 Å². The molecule has 202 valence electrons. The number of thiazole rings is 1. The maximum Gasteiger partial charge on any atom is 0.319 e. The predicted molar refractivity (Wildman–Crippen MR) is 148 cm³/mol. The number of aryl methyl sites for hydroxylation is 2. The molecule has 1 fully saturated rings. The molecule has 38 heavy (non-hydrogen) atoms. The average molecular weight is 539 g/mol. The third kappa shape index (κ3) is 7.38. The van der Waals surface area contributed by atoms with Crippen LogP contribution in [0.15, 0.2) is 41.8 Å². The Labute approximate surface area is 226 Å². The van der Waals surface area contributed by atoms with E-state index in [-0.39, 0.29) is 24.0 Å². The van der Waals surface area contributed by atoms with E-state index in [2.05, 4.69) is 27.0 Å². The Morgan fingerprint density at radius 1 is 0.895 bits per heavy atom. The highest BCUT2D eigenvalue weighted by Crippen LogP contribution is 2.26. The summed E-state index contributed by atoms with van der Waals surface area (Å²) in [7, 11) is 3.11. The van der Waals surface area contributed by atoms with Gasteiger partial charge in [0, 0.05) is 35.3 Å². The van der Waals surface area contributed by atoms with Gasteiger partial charge in [0.25, 0.3) is 5.91 Å². The molecule has 1 saturated carbocycles. The van der Waals surface area contributed by atoms with E-state index in [4.69, 9.17) is 14.2 Å². The fourth-order valence-electron chi connectivity index (χ4n) is 4.58. The minimum absolute atomic E-state index is 0.196. The van der Waals surface area contributed by atoms with E-state index in [1.165, 1.54) is 11.3 Å². The molecule has 0 saturated heterocycles. The number of hydrogen-bond acceptors (Lipinski definition) is 7. The maximum atomic E-state index is 13.0. The van der Waals surface area contributed by atoms with Crippen molar-refractivity contribution in [1.82, 2.24) is 15.6 Å². The molecule has 0 aliphatic heterocycles. The smallest absolute Gasteiger partial charge is 0.319 e. The maximum absolute atomic E-state index is 13.0. The molecule has 2 atom stereocenters. The number of benzene rings is 2. The molecule has 9 nitrogen and oxygen atoms in total. The lowest BCUT2D eigenvalue weighted by Crippen LogP contribution is -2.54. The Bertz CT molecular complexity index is 1240. The first-order valence-corrected chi connectivity index (χ1v) is 13.5. The van der Waals surface area contributed by atoms with Crippen molar-refractivity contribution in [1.29, 1.82) is 0 Å². The lowest BCUT2D eigenvalue weighted by Gasteiger charge is -2.32. The number of rotatable bonds is 9. The summed E-state index contributed by atoms with van der Waals surface area (Å²) < 4.78 is 16.4. The van der Waals surface area contributed by atoms with Gasteiger partial charge in [-0.2, -0.15) is 0 Å². The van der Waals surface area contributed by atoms with E-state index in [9.17, 15) is 9.59 Å². The van der Waals surface area contributed by atoms with Crippen molar-refractivity contribution in [3.05, 3.63) is 63.6 Å². The number of carbonyl (C=O) groups excluding carboxylic acids is 2. The Morgan fingerprint density at radius 3 is 2.16 bits per heavy atom. The fraction of sp³-hybridized carbons (Fsp3) is 0.393. The minimum Gasteiger partial charge on any atom is -0.497 e. The van der Waals surface area contributed by atoms with E-state index >= 15 is 0 Å². The number of ether oxygens (including phenoxy) is 3. The van der Waals surface area contributed by atoms with Crippen LogP contribution in [0.2, 0.25) is 0 Å². The predicted octanol–water partition coefficient (Wildman–Crippen LogP) is 5.22. The van der Waals surface area contributed by atoms with Gasteiger partial charge in [0.1, 0.15) is 34.6 Å². The molecule has 1 aromatic heterocycles. The molecule has 0 radical (unpaired) electrons. The largest absolute Gasteiger partial charge is 0.497 e. The summed E-state index contributed by atoms with van der Waals surface area (Å²) >= 11 is 1.39. The zero-order valence-corrected chi connectivity index (χ0v) is 22.9. The summed E-state index contributed by atoms with van der Waals surface area (Å²) in [5.74, 6) is 1.68. The van der Waals surface area contributed by atoms with Gasteiger partial charge in [-0.05, 0) is 49.9 Å². The summed E-state index contributed by atoms with van der Waals surface area (Å²) in [5.41, 5.74) is 3.16. The van der Waals surface area contributed by atoms with Crippen molar-refractivity contribution < 1.29 is 23.8 Å². The highest BCUT2D eigenvalue weighted by atomic mass is 32.1. The van der Waals surface area contributed by atoms with Gasteiger partial charge in [-0.15, -0.1) is 11.3 Å². The molecule has 3 N–H and O–H groups in total. The van der Waals surface area contributed by atoms with Gasteiger partial charge in [0.2, 0.25) is 0 Å². The number of hydrogen-bond donors (Lipinski definition) is 3. The lowest BCUT2D eigenvalue weighted by molar-refractivity contribution is 0.0911. The van der Waals surface area contributed by atoms with Crippen LogP contribution in [0.5, 0.6) is 17.2 Å². The number of urea groups is 1. The summed E-state index contributed by atoms with van der Waals surface area (Å²) in [6.07, 6.45) is 3.49. The third-order valence-electron chi connectivity index (χ3n) is 6.35. The molecule has 4 rings (SSSR count). The van der Waals surface area contributed by atoms with Crippen molar-refractivity contribution in [2.45, 2.75) is 58.2 Å². The first-order chi connectivity index (χ1) is 18.3. The molecule has 1 heterocycles. The zero-order valence-electron chi connectivity index (χ0n) is 22.1. The highest BCUT2D eigenvalue weighted by Gasteiger charge is 2.29. The van der Waals surface area contributed by atoms with E-state index in [1.54, 1.807) is 37.8 Å². The van der Waals surface area contributed by atoms with Gasteiger partial charge in [-0.25, -0.2) is 9.78 Å². The van der Waals surface area contributed by atoms with Crippen LogP contribution in [0.3, 0.4) is 0 Å². The van der Waals surface area contributed by atoms with Crippen molar-refractivity contribution in [3.63, 3.8) is 0 Å². The molecular weight excluding hydrogens is 504 g/mol. The number of nitrogens with one attached hydrogen (secondary N) is 3. The number of aromatic nitrogens is 1. The van der Waals surface area contributed by atoms with Crippen molar-refractivity contribution >= 4 is 29.0 Å². The van der Waals surface area contributed by atoms with Crippen molar-refractivity contribution in [2.75, 3.05) is 19.5 Å². The fourth-order valence-corrected chi connectivity index (χ4v) is 5.26. The van der Waals surface area contributed by atoms with Crippen LogP contribution in [0.4, 0.5) is 10.5 Å². The topological polar surface area (TPSA) is 111 Å². The van der Waals surface area contributed by atoms with Crippen LogP contribution in [0, 0.1) is 13.8 Å². The molecule has 1 aliphatic rings. The van der Waals surface area contributed by atoms with Gasteiger partial charge in [-0.1, -0.05) is 18.9 Å². The number of carbonyl (C=O) groups is 2. The second-order valence-corrected chi connectivity index (χ2v) is 10.4. The van der Waals surface area contributed by atoms with Crippen LogP contribution >= 0.6 is 11.3 Å². The summed E-state index contributed by atoms with van der Waals surface area (Å²) in [6.45, 7) is 4.35. The molecule has 1 aliphatic carbocycles. The van der Waals surface area contributed by atoms with Crippen LogP contribution in [-0.2, 0) is 6.61 Å². The van der Waals surface area contributed by atoms with E-state index in [1.807, 2.05) is 26.0 Å². The van der Waals surface area contributed by atoms with Crippen LogP contribution in [0.25, 0.3) is 0 Å². The van der Waals surface area contributed by atoms with Gasteiger partial charge in [-0.3, -0.25) is 4.79 Å². The number of anilines is 1. The zero-order chi connectivity index (χ0) is 27.1. The second-order valence-electron chi connectivity index (χ2n) is 9.41. The van der Waals surface area contributed by atoms with Crippen molar-refractivity contribution in [2.24, 2.45) is 0 Å². The van der Waals surface area contributed by atoms with Gasteiger partial charge >= 0.3 is 6.03 Å². The lowest BCUT2D eigenvalue weighted by atomic mass is 9.90. The first kappa shape index (κ1) is 27.3. The Balaban J connectivity index is 1.33. The van der Waals surface area contributed by atoms with Crippen LogP contribution in [-0.4, -0.2) is 43.2 Å². The first-order valence-electron chi connectivity index (χ1n) is 12.6. The molecule has 3 aromatic rings. The normalized spacial score (nSPS) is 16.8. The Hall–Kier alpha value is -3.79. The molecule has 0 spiro atoms. The van der Waals surface area contributed by atoms with Crippen molar-refractivity contribution in [3.8, 4) is 17.2 Å². The molecule has 3 amide bonds. The quantitative estimate of drug-likeness (QED) is 0.345. The summed E-state index contributed by atoms with van der Waals surface area (Å²) in [5, 5.41) is 11.4. The standard InChI is InChI=1S/C28H34N4O5S/c1-17-9-18(2)11-22(10-17)37-15-26-30-25(16-38-26)27(33)31-23-7-5-6-8-24(23)32-28(34)29-19-12-20(35-3)14-21(13-19)36-4/h9-14,16,23-24H,5-8,15H2,1-4H3,(H,31,33)(H2,29,32,34). The van der Waals surface area contributed by atoms with E-state index < -0.39 is 0 Å². The minimum atomic E-state index is -0.356. The molecule has 10 heteroatoms. The van der Waals surface area contributed by atoms with Crippen LogP contribution in [0.1, 0.15) is 52.3 Å². The monoisotopic (exact) mass is 538 g/mol. The van der Waals surface area contributed by atoms with Gasteiger partial charge in [0.15, 0.2) is 0 Å². The number of methoxy groups -OCH3 is 2. The number of amides is 3. The second kappa shape index (κ2) is 12.6. The van der Waals surface area contributed by atoms with Crippen LogP contribution < -0.4 is 30.2 Å². The van der Waals surface area contributed by atoms with Gasteiger partial charge < -0.3 is 30.2 Å². The summed E-state index contributed by atoms with van der Waals surface area (Å²) in [6, 6.07) is 10.4. The SMILES string of the molecule is COc1cc(NC(=O)NC2CCCCC2NC(=O)c2csc(COc3cc(C)cc(C)c3)n2)cc(OC)c1. The Kier molecular flexibility index (Phi) is 9.06. The average Bonchev–Trinajstić information content (AvgIpc) is 3.37. The molecule has 0 bridgehead atoms. The molecular formula is C28H34N4O5S. The van der Waals surface area contributed by atoms with E-state index in [0.29, 0.717) is 29.5 Å².